The maximum atomic E-state index is 11.3. The van der Waals surface area contributed by atoms with Gasteiger partial charge in [0.25, 0.3) is 0 Å². The first kappa shape index (κ1) is 8.45. The van der Waals surface area contributed by atoms with E-state index in [1.54, 1.807) is 6.92 Å². The van der Waals surface area contributed by atoms with E-state index in [2.05, 4.69) is 17.4 Å². The lowest BCUT2D eigenvalue weighted by Crippen LogP contribution is -2.31. The van der Waals surface area contributed by atoms with E-state index in [1.807, 2.05) is 12.1 Å². The van der Waals surface area contributed by atoms with Gasteiger partial charge in [0.05, 0.1) is 5.92 Å². The number of rotatable bonds is 1. The minimum absolute atomic E-state index is 0.0601. The van der Waals surface area contributed by atoms with Crippen molar-refractivity contribution in [3.05, 3.63) is 35.4 Å². The lowest BCUT2D eigenvalue weighted by Gasteiger charge is -2.24. The van der Waals surface area contributed by atoms with Gasteiger partial charge in [0.1, 0.15) is 5.78 Å². The average Bonchev–Trinajstić information content (AvgIpc) is 2.17. The van der Waals surface area contributed by atoms with Crippen LogP contribution in [0.3, 0.4) is 0 Å². The van der Waals surface area contributed by atoms with Crippen molar-refractivity contribution in [3.8, 4) is 0 Å². The van der Waals surface area contributed by atoms with Crippen molar-refractivity contribution in [2.45, 2.75) is 19.4 Å². The molecule has 2 rings (SSSR count). The predicted octanol–water partition coefficient (Wildman–Crippen LogP) is 1.46. The minimum atomic E-state index is 0.0601. The molecular formula is C11H13NO. The molecule has 0 saturated carbocycles. The molecule has 0 spiro atoms. The summed E-state index contributed by atoms with van der Waals surface area (Å²) in [5.74, 6) is 0.310. The van der Waals surface area contributed by atoms with Crippen LogP contribution < -0.4 is 5.32 Å². The van der Waals surface area contributed by atoms with Gasteiger partial charge < -0.3 is 5.32 Å². The van der Waals surface area contributed by atoms with Crippen molar-refractivity contribution in [1.82, 2.24) is 5.32 Å². The number of fused-ring (bicyclic) bond motifs is 1. The van der Waals surface area contributed by atoms with E-state index in [4.69, 9.17) is 0 Å². The third-order valence-corrected chi connectivity index (χ3v) is 2.59. The smallest absolute Gasteiger partial charge is 0.138 e. The number of Topliss-reactive ketones (excluding diaryl/α,β-unsaturated/α-hetero) is 1. The zero-order chi connectivity index (χ0) is 9.26. The molecule has 1 aliphatic heterocycles. The maximum absolute atomic E-state index is 11.3. The molecule has 0 amide bonds. The maximum Gasteiger partial charge on any atom is 0.138 e. The molecule has 0 aromatic heterocycles. The molecule has 1 aromatic rings. The molecule has 13 heavy (non-hydrogen) atoms. The Morgan fingerprint density at radius 2 is 2.23 bits per heavy atom. The summed E-state index contributed by atoms with van der Waals surface area (Å²) in [6.07, 6.45) is 0. The quantitative estimate of drug-likeness (QED) is 0.700. The van der Waals surface area contributed by atoms with Gasteiger partial charge in [-0.15, -0.1) is 0 Å². The SMILES string of the molecule is CC(=O)C1CNCc2ccccc21. The number of ketones is 1. The van der Waals surface area contributed by atoms with E-state index in [1.165, 1.54) is 11.1 Å². The van der Waals surface area contributed by atoms with Gasteiger partial charge >= 0.3 is 0 Å². The fourth-order valence-electron chi connectivity index (χ4n) is 1.86. The molecule has 0 aliphatic carbocycles. The summed E-state index contributed by atoms with van der Waals surface area (Å²) in [6, 6.07) is 8.16. The van der Waals surface area contributed by atoms with Crippen LogP contribution in [0.2, 0.25) is 0 Å². The summed E-state index contributed by atoms with van der Waals surface area (Å²) in [4.78, 5) is 11.3. The van der Waals surface area contributed by atoms with Crippen molar-refractivity contribution in [2.24, 2.45) is 0 Å². The number of benzene rings is 1. The van der Waals surface area contributed by atoms with Gasteiger partial charge in [0, 0.05) is 13.1 Å². The number of hydrogen-bond acceptors (Lipinski definition) is 2. The number of hydrogen-bond donors (Lipinski definition) is 1. The molecule has 2 heteroatoms. The summed E-state index contributed by atoms with van der Waals surface area (Å²) in [7, 11) is 0. The second-order valence-corrected chi connectivity index (χ2v) is 3.49. The van der Waals surface area contributed by atoms with Crippen LogP contribution in [0, 0.1) is 0 Å². The standard InChI is InChI=1S/C11H13NO/c1-8(13)11-7-12-6-9-4-2-3-5-10(9)11/h2-5,11-12H,6-7H2,1H3. The van der Waals surface area contributed by atoms with Crippen LogP contribution in [0.15, 0.2) is 24.3 Å². The van der Waals surface area contributed by atoms with Crippen molar-refractivity contribution in [1.29, 1.82) is 0 Å². The Balaban J connectivity index is 2.42. The summed E-state index contributed by atoms with van der Waals surface area (Å²) in [6.45, 7) is 3.33. The van der Waals surface area contributed by atoms with Crippen LogP contribution in [-0.4, -0.2) is 12.3 Å². The van der Waals surface area contributed by atoms with Gasteiger partial charge in [-0.05, 0) is 18.1 Å². The summed E-state index contributed by atoms with van der Waals surface area (Å²) in [5, 5.41) is 3.25. The van der Waals surface area contributed by atoms with E-state index in [9.17, 15) is 4.79 Å². The number of carbonyl (C=O) groups excluding carboxylic acids is 1. The molecule has 1 aromatic carbocycles. The van der Waals surface area contributed by atoms with Gasteiger partial charge in [-0.2, -0.15) is 0 Å². The fraction of sp³-hybridized carbons (Fsp3) is 0.364. The normalized spacial score (nSPS) is 20.8. The third kappa shape index (κ3) is 1.49. The second kappa shape index (κ2) is 3.30. The highest BCUT2D eigenvalue weighted by Gasteiger charge is 2.22. The van der Waals surface area contributed by atoms with E-state index >= 15 is 0 Å². The number of carbonyl (C=O) groups is 1. The van der Waals surface area contributed by atoms with Crippen LogP contribution >= 0.6 is 0 Å². The van der Waals surface area contributed by atoms with Gasteiger partial charge in [-0.25, -0.2) is 0 Å². The fourth-order valence-corrected chi connectivity index (χ4v) is 1.86. The number of nitrogens with one attached hydrogen (secondary N) is 1. The van der Waals surface area contributed by atoms with Gasteiger partial charge in [-0.1, -0.05) is 24.3 Å². The summed E-state index contributed by atoms with van der Waals surface area (Å²) < 4.78 is 0. The van der Waals surface area contributed by atoms with Crippen LogP contribution in [0.5, 0.6) is 0 Å². The summed E-state index contributed by atoms with van der Waals surface area (Å²) >= 11 is 0. The Hall–Kier alpha value is -1.15. The molecule has 68 valence electrons. The molecular weight excluding hydrogens is 162 g/mol. The van der Waals surface area contributed by atoms with Crippen LogP contribution in [0.1, 0.15) is 24.0 Å². The molecule has 2 nitrogen and oxygen atoms in total. The Bertz CT molecular complexity index is 333. The van der Waals surface area contributed by atoms with E-state index < -0.39 is 0 Å². The van der Waals surface area contributed by atoms with Crippen LogP contribution in [0.25, 0.3) is 0 Å². The molecule has 1 N–H and O–H groups in total. The zero-order valence-corrected chi connectivity index (χ0v) is 7.71. The molecule has 1 aliphatic rings. The highest BCUT2D eigenvalue weighted by Crippen LogP contribution is 2.23. The Morgan fingerprint density at radius 3 is 3.00 bits per heavy atom. The Morgan fingerprint density at radius 1 is 1.46 bits per heavy atom. The molecule has 1 atom stereocenters. The first-order chi connectivity index (χ1) is 6.29. The van der Waals surface area contributed by atoms with E-state index in [-0.39, 0.29) is 11.7 Å². The molecule has 0 fully saturated rings. The van der Waals surface area contributed by atoms with Crippen molar-refractivity contribution in [2.75, 3.05) is 6.54 Å². The van der Waals surface area contributed by atoms with Crippen molar-refractivity contribution in [3.63, 3.8) is 0 Å². The molecule has 1 unspecified atom stereocenters. The summed E-state index contributed by atoms with van der Waals surface area (Å²) in [5.41, 5.74) is 2.46. The van der Waals surface area contributed by atoms with Crippen LogP contribution in [0.4, 0.5) is 0 Å². The molecule has 0 bridgehead atoms. The minimum Gasteiger partial charge on any atom is -0.312 e. The highest BCUT2D eigenvalue weighted by atomic mass is 16.1. The molecule has 0 saturated heterocycles. The zero-order valence-electron chi connectivity index (χ0n) is 7.71. The highest BCUT2D eigenvalue weighted by molar-refractivity contribution is 5.84. The van der Waals surface area contributed by atoms with Crippen molar-refractivity contribution < 1.29 is 4.79 Å². The van der Waals surface area contributed by atoms with Gasteiger partial charge in [0.2, 0.25) is 0 Å². The lowest BCUT2D eigenvalue weighted by atomic mass is 9.88. The first-order valence-electron chi connectivity index (χ1n) is 4.58. The molecule has 1 heterocycles. The molecule has 0 radical (unpaired) electrons. The first-order valence-corrected chi connectivity index (χ1v) is 4.58. The lowest BCUT2D eigenvalue weighted by molar-refractivity contribution is -0.118. The third-order valence-electron chi connectivity index (χ3n) is 2.59. The second-order valence-electron chi connectivity index (χ2n) is 3.49. The van der Waals surface area contributed by atoms with E-state index in [0.29, 0.717) is 0 Å². The van der Waals surface area contributed by atoms with Gasteiger partial charge in [0.15, 0.2) is 0 Å². The Kier molecular flexibility index (Phi) is 2.15. The Labute approximate surface area is 78.0 Å². The van der Waals surface area contributed by atoms with Crippen LogP contribution in [-0.2, 0) is 11.3 Å². The van der Waals surface area contributed by atoms with E-state index in [0.717, 1.165) is 13.1 Å². The topological polar surface area (TPSA) is 29.1 Å². The van der Waals surface area contributed by atoms with Crippen molar-refractivity contribution >= 4 is 5.78 Å². The predicted molar refractivity (Wildman–Crippen MR) is 51.6 cm³/mol. The largest absolute Gasteiger partial charge is 0.312 e. The van der Waals surface area contributed by atoms with Gasteiger partial charge in [-0.3, -0.25) is 4.79 Å². The average molecular weight is 175 g/mol. The monoisotopic (exact) mass is 175 g/mol.